The van der Waals surface area contributed by atoms with Crippen LogP contribution < -0.4 is 4.72 Å². The fraction of sp³-hybridized carbons (Fsp3) is 0.222. The zero-order valence-corrected chi connectivity index (χ0v) is 10.6. The number of nitro benzene ring substituents is 1. The van der Waals surface area contributed by atoms with E-state index in [1.165, 1.54) is 0 Å². The van der Waals surface area contributed by atoms with Gasteiger partial charge in [-0.1, -0.05) is 0 Å². The van der Waals surface area contributed by atoms with E-state index in [4.69, 9.17) is 5.11 Å². The highest BCUT2D eigenvalue weighted by Crippen LogP contribution is 2.24. The van der Waals surface area contributed by atoms with E-state index in [1.54, 1.807) is 4.72 Å². The fourth-order valence-corrected chi connectivity index (χ4v) is 2.49. The SMILES string of the molecule is C[C@H](NS(=O)(=O)c1cc([N+](=O)[O-])c(F)cc1F)C(=O)O. The van der Waals surface area contributed by atoms with Gasteiger partial charge < -0.3 is 5.11 Å². The van der Waals surface area contributed by atoms with E-state index in [1.807, 2.05) is 0 Å². The first-order valence-corrected chi connectivity index (χ1v) is 6.43. The molecule has 0 saturated heterocycles. The Labute approximate surface area is 111 Å². The van der Waals surface area contributed by atoms with Gasteiger partial charge in [0.2, 0.25) is 15.8 Å². The van der Waals surface area contributed by atoms with Crippen molar-refractivity contribution < 1.29 is 32.0 Å². The minimum absolute atomic E-state index is 0.0398. The maximum Gasteiger partial charge on any atom is 0.321 e. The average molecular weight is 310 g/mol. The second kappa shape index (κ2) is 5.46. The Hall–Kier alpha value is -2.14. The summed E-state index contributed by atoms with van der Waals surface area (Å²) in [6.45, 7) is 0.968. The number of aliphatic carboxylic acids is 1. The molecule has 0 saturated carbocycles. The van der Waals surface area contributed by atoms with Crippen LogP contribution in [0.2, 0.25) is 0 Å². The summed E-state index contributed by atoms with van der Waals surface area (Å²) in [7, 11) is -4.68. The minimum atomic E-state index is -4.68. The minimum Gasteiger partial charge on any atom is -0.480 e. The molecule has 110 valence electrons. The van der Waals surface area contributed by atoms with E-state index < -0.39 is 49.2 Å². The smallest absolute Gasteiger partial charge is 0.321 e. The van der Waals surface area contributed by atoms with Gasteiger partial charge in [-0.15, -0.1) is 0 Å². The summed E-state index contributed by atoms with van der Waals surface area (Å²) in [6.07, 6.45) is 0. The first kappa shape index (κ1) is 15.9. The van der Waals surface area contributed by atoms with Crippen molar-refractivity contribution in [2.45, 2.75) is 17.9 Å². The van der Waals surface area contributed by atoms with Crippen LogP contribution in [0.25, 0.3) is 0 Å². The molecule has 0 aromatic heterocycles. The summed E-state index contributed by atoms with van der Waals surface area (Å²) >= 11 is 0. The van der Waals surface area contributed by atoms with E-state index >= 15 is 0 Å². The number of carboxylic acid groups (broad SMARTS) is 1. The van der Waals surface area contributed by atoms with E-state index in [-0.39, 0.29) is 12.1 Å². The molecule has 0 fully saturated rings. The summed E-state index contributed by atoms with van der Waals surface area (Å²) in [5.74, 6) is -4.65. The number of nitrogens with one attached hydrogen (secondary N) is 1. The Morgan fingerprint density at radius 3 is 2.40 bits per heavy atom. The van der Waals surface area contributed by atoms with Crippen molar-refractivity contribution in [1.29, 1.82) is 0 Å². The number of sulfonamides is 1. The Morgan fingerprint density at radius 2 is 1.95 bits per heavy atom. The number of hydrogen-bond acceptors (Lipinski definition) is 5. The van der Waals surface area contributed by atoms with Gasteiger partial charge in [-0.05, 0) is 6.92 Å². The maximum atomic E-state index is 13.4. The van der Waals surface area contributed by atoms with Crippen LogP contribution in [0.4, 0.5) is 14.5 Å². The lowest BCUT2D eigenvalue weighted by Gasteiger charge is -2.10. The van der Waals surface area contributed by atoms with E-state index in [0.717, 1.165) is 6.92 Å². The Morgan fingerprint density at radius 1 is 1.40 bits per heavy atom. The predicted octanol–water partition coefficient (Wildman–Crippen LogP) is 0.624. The Kier molecular flexibility index (Phi) is 4.35. The number of carbonyl (C=O) groups is 1. The van der Waals surface area contributed by atoms with Gasteiger partial charge in [0.05, 0.1) is 4.92 Å². The third-order valence-electron chi connectivity index (χ3n) is 2.19. The number of rotatable bonds is 5. The lowest BCUT2D eigenvalue weighted by Crippen LogP contribution is -2.38. The molecule has 0 heterocycles. The quantitative estimate of drug-likeness (QED) is 0.606. The Balaban J connectivity index is 3.35. The zero-order chi connectivity index (χ0) is 15.7. The highest BCUT2D eigenvalue weighted by molar-refractivity contribution is 7.89. The lowest BCUT2D eigenvalue weighted by atomic mass is 10.3. The molecule has 8 nitrogen and oxygen atoms in total. The van der Waals surface area contributed by atoms with Crippen LogP contribution in [0.15, 0.2) is 17.0 Å². The second-order valence-electron chi connectivity index (χ2n) is 3.67. The first-order chi connectivity index (χ1) is 9.06. The summed E-state index contributed by atoms with van der Waals surface area (Å²) in [6, 6.07) is -1.37. The van der Waals surface area contributed by atoms with Crippen LogP contribution in [0, 0.1) is 21.7 Å². The summed E-state index contributed by atoms with van der Waals surface area (Å²) in [4.78, 5) is 18.6. The van der Waals surface area contributed by atoms with Crippen LogP contribution in [0.1, 0.15) is 6.92 Å². The Bertz CT molecular complexity index is 675. The van der Waals surface area contributed by atoms with Crippen LogP contribution in [-0.4, -0.2) is 30.5 Å². The number of benzene rings is 1. The molecule has 0 unspecified atom stereocenters. The van der Waals surface area contributed by atoms with E-state index in [9.17, 15) is 32.1 Å². The normalized spacial score (nSPS) is 12.9. The molecule has 0 bridgehead atoms. The molecule has 0 aliphatic carbocycles. The van der Waals surface area contributed by atoms with Gasteiger partial charge in [0.1, 0.15) is 16.8 Å². The van der Waals surface area contributed by atoms with Gasteiger partial charge >= 0.3 is 11.7 Å². The number of nitro groups is 1. The largest absolute Gasteiger partial charge is 0.480 e. The molecular weight excluding hydrogens is 302 g/mol. The molecule has 0 radical (unpaired) electrons. The highest BCUT2D eigenvalue weighted by Gasteiger charge is 2.28. The molecule has 20 heavy (non-hydrogen) atoms. The summed E-state index contributed by atoms with van der Waals surface area (Å²) in [5.41, 5.74) is -1.24. The molecule has 0 amide bonds. The number of carboxylic acids is 1. The van der Waals surface area contributed by atoms with E-state index in [2.05, 4.69) is 0 Å². The molecule has 1 aromatic rings. The summed E-state index contributed by atoms with van der Waals surface area (Å²) in [5, 5.41) is 19.0. The van der Waals surface area contributed by atoms with E-state index in [0.29, 0.717) is 0 Å². The zero-order valence-electron chi connectivity index (χ0n) is 9.83. The number of nitrogens with zero attached hydrogens (tertiary/aromatic N) is 1. The van der Waals surface area contributed by atoms with Crippen LogP contribution in [0.3, 0.4) is 0 Å². The standard InChI is InChI=1S/C9H8F2N2O6S/c1-4(9(14)15)12-20(18,19)8-3-7(13(16)17)5(10)2-6(8)11/h2-4,12H,1H3,(H,14,15)/t4-/m0/s1. The van der Waals surface area contributed by atoms with Gasteiger partial charge in [-0.2, -0.15) is 9.11 Å². The van der Waals surface area contributed by atoms with Gasteiger partial charge in [-0.3, -0.25) is 14.9 Å². The molecule has 2 N–H and O–H groups in total. The van der Waals surface area contributed by atoms with Crippen molar-refractivity contribution >= 4 is 21.7 Å². The molecule has 0 aliphatic rings. The first-order valence-electron chi connectivity index (χ1n) is 4.95. The lowest BCUT2D eigenvalue weighted by molar-refractivity contribution is -0.387. The molecule has 0 spiro atoms. The van der Waals surface area contributed by atoms with Crippen molar-refractivity contribution in [2.75, 3.05) is 0 Å². The molecular formula is C9H8F2N2O6S. The average Bonchev–Trinajstić information content (AvgIpc) is 2.26. The predicted molar refractivity (Wildman–Crippen MR) is 60.4 cm³/mol. The summed E-state index contributed by atoms with van der Waals surface area (Å²) < 4.78 is 51.5. The number of hydrogen-bond donors (Lipinski definition) is 2. The van der Waals surface area contributed by atoms with Crippen molar-refractivity contribution in [3.8, 4) is 0 Å². The third-order valence-corrected chi connectivity index (χ3v) is 3.75. The van der Waals surface area contributed by atoms with Crippen molar-refractivity contribution in [3.05, 3.63) is 33.9 Å². The maximum absolute atomic E-state index is 13.4. The molecule has 1 rings (SSSR count). The highest BCUT2D eigenvalue weighted by atomic mass is 32.2. The second-order valence-corrected chi connectivity index (χ2v) is 5.35. The van der Waals surface area contributed by atoms with Gasteiger partial charge in [0.25, 0.3) is 0 Å². The van der Waals surface area contributed by atoms with Crippen LogP contribution in [0.5, 0.6) is 0 Å². The van der Waals surface area contributed by atoms with Gasteiger partial charge in [0, 0.05) is 12.1 Å². The fourth-order valence-electron chi connectivity index (χ4n) is 1.21. The van der Waals surface area contributed by atoms with Gasteiger partial charge in [0.15, 0.2) is 0 Å². The van der Waals surface area contributed by atoms with Crippen molar-refractivity contribution in [3.63, 3.8) is 0 Å². The third kappa shape index (κ3) is 3.24. The molecule has 0 aliphatic heterocycles. The van der Waals surface area contributed by atoms with Crippen molar-refractivity contribution in [2.24, 2.45) is 0 Å². The van der Waals surface area contributed by atoms with Gasteiger partial charge in [-0.25, -0.2) is 12.8 Å². The molecule has 1 aromatic carbocycles. The molecule has 1 atom stereocenters. The van der Waals surface area contributed by atoms with Crippen molar-refractivity contribution in [1.82, 2.24) is 4.72 Å². The topological polar surface area (TPSA) is 127 Å². The molecule has 11 heteroatoms. The number of halogens is 2. The van der Waals surface area contributed by atoms with Crippen LogP contribution in [-0.2, 0) is 14.8 Å². The monoisotopic (exact) mass is 310 g/mol. The van der Waals surface area contributed by atoms with Crippen LogP contribution >= 0.6 is 0 Å².